The molecule has 1 amide bonds. The molecule has 1 aromatic heterocycles. The van der Waals surface area contributed by atoms with Crippen LogP contribution in [0.3, 0.4) is 0 Å². The molecule has 134 valence electrons. The van der Waals surface area contributed by atoms with Gasteiger partial charge in [-0.15, -0.1) is 0 Å². The summed E-state index contributed by atoms with van der Waals surface area (Å²) < 4.78 is 1.86. The molecule has 0 spiro atoms. The highest BCUT2D eigenvalue weighted by Gasteiger charge is 2.29. The Hall–Kier alpha value is -3.39. The number of nitriles is 1. The molecule has 0 saturated carbocycles. The smallest absolute Gasteiger partial charge is 0.254 e. The molecule has 5 heteroatoms. The lowest BCUT2D eigenvalue weighted by molar-refractivity contribution is 0.0794. The van der Waals surface area contributed by atoms with Gasteiger partial charge in [-0.05, 0) is 35.2 Å². The maximum Gasteiger partial charge on any atom is 0.254 e. The van der Waals surface area contributed by atoms with E-state index in [-0.39, 0.29) is 5.91 Å². The first-order valence-corrected chi connectivity index (χ1v) is 9.04. The summed E-state index contributed by atoms with van der Waals surface area (Å²) in [6.07, 6.45) is 4.52. The Labute approximate surface area is 158 Å². The molecule has 0 radical (unpaired) electrons. The third-order valence-electron chi connectivity index (χ3n) is 5.06. The number of amides is 1. The van der Waals surface area contributed by atoms with E-state index in [1.165, 1.54) is 0 Å². The minimum absolute atomic E-state index is 0.00860. The van der Waals surface area contributed by atoms with Crippen molar-refractivity contribution < 1.29 is 4.79 Å². The van der Waals surface area contributed by atoms with Crippen molar-refractivity contribution in [3.05, 3.63) is 65.4 Å². The highest BCUT2D eigenvalue weighted by atomic mass is 16.2. The van der Waals surface area contributed by atoms with E-state index in [4.69, 9.17) is 0 Å². The average molecular weight is 356 g/mol. The van der Waals surface area contributed by atoms with E-state index in [0.29, 0.717) is 18.7 Å². The number of carbonyl (C=O) groups excluding carboxylic acids is 1. The van der Waals surface area contributed by atoms with E-state index in [1.54, 1.807) is 4.90 Å². The van der Waals surface area contributed by atoms with Gasteiger partial charge < -0.3 is 4.90 Å². The molecule has 0 aliphatic carbocycles. The van der Waals surface area contributed by atoms with Crippen molar-refractivity contribution in [3.8, 4) is 17.2 Å². The molecule has 0 atom stereocenters. The molecule has 1 aliphatic heterocycles. The third kappa shape index (κ3) is 2.89. The van der Waals surface area contributed by atoms with Crippen molar-refractivity contribution in [1.82, 2.24) is 14.7 Å². The van der Waals surface area contributed by atoms with Gasteiger partial charge in [0.05, 0.1) is 24.3 Å². The molecule has 27 heavy (non-hydrogen) atoms. The van der Waals surface area contributed by atoms with Gasteiger partial charge in [0, 0.05) is 30.1 Å². The highest BCUT2D eigenvalue weighted by Crippen LogP contribution is 2.34. The second kappa shape index (κ2) is 6.73. The van der Waals surface area contributed by atoms with Gasteiger partial charge in [0.1, 0.15) is 0 Å². The number of aromatic nitrogens is 2. The summed E-state index contributed by atoms with van der Waals surface area (Å²) >= 11 is 0. The minimum Gasteiger partial charge on any atom is -0.329 e. The zero-order valence-electron chi connectivity index (χ0n) is 15.4. The van der Waals surface area contributed by atoms with Crippen LogP contribution in [0.5, 0.6) is 0 Å². The number of rotatable bonds is 4. The predicted octanol–water partition coefficient (Wildman–Crippen LogP) is 4.06. The molecule has 4 rings (SSSR count). The molecule has 3 aromatic rings. The van der Waals surface area contributed by atoms with Crippen LogP contribution in [0.4, 0.5) is 0 Å². The maximum atomic E-state index is 12.8. The summed E-state index contributed by atoms with van der Waals surface area (Å²) in [5, 5.41) is 14.7. The molecule has 0 saturated heterocycles. The maximum absolute atomic E-state index is 12.8. The fourth-order valence-corrected chi connectivity index (χ4v) is 3.70. The fraction of sp³-hybridized carbons (Fsp3) is 0.227. The Kier molecular flexibility index (Phi) is 4.25. The molecule has 2 aromatic carbocycles. The summed E-state index contributed by atoms with van der Waals surface area (Å²) in [6, 6.07) is 14.3. The summed E-state index contributed by atoms with van der Waals surface area (Å²) in [4.78, 5) is 14.6. The van der Waals surface area contributed by atoms with E-state index in [1.807, 2.05) is 43.1 Å². The van der Waals surface area contributed by atoms with E-state index in [9.17, 15) is 10.1 Å². The van der Waals surface area contributed by atoms with Gasteiger partial charge in [-0.3, -0.25) is 9.48 Å². The van der Waals surface area contributed by atoms with Crippen LogP contribution in [-0.2, 0) is 13.6 Å². The summed E-state index contributed by atoms with van der Waals surface area (Å²) in [7, 11) is 1.93. The van der Waals surface area contributed by atoms with Gasteiger partial charge in [0.25, 0.3) is 5.91 Å². The number of allylic oxidation sites excluding steroid dienone is 1. The van der Waals surface area contributed by atoms with Crippen molar-refractivity contribution in [1.29, 1.82) is 5.26 Å². The normalized spacial score (nSPS) is 13.9. The lowest BCUT2D eigenvalue weighted by atomic mass is 9.96. The third-order valence-corrected chi connectivity index (χ3v) is 5.06. The molecule has 0 bridgehead atoms. The number of aryl methyl sites for hydroxylation is 1. The van der Waals surface area contributed by atoms with E-state index in [0.717, 1.165) is 39.6 Å². The topological polar surface area (TPSA) is 61.9 Å². The van der Waals surface area contributed by atoms with Crippen LogP contribution in [0.15, 0.2) is 54.2 Å². The van der Waals surface area contributed by atoms with Crippen LogP contribution >= 0.6 is 0 Å². The largest absolute Gasteiger partial charge is 0.329 e. The van der Waals surface area contributed by atoms with Crippen molar-refractivity contribution in [2.75, 3.05) is 6.54 Å². The first-order valence-electron chi connectivity index (χ1n) is 9.04. The number of fused-ring (bicyclic) bond motifs is 2. The zero-order valence-corrected chi connectivity index (χ0v) is 15.4. The Balaban J connectivity index is 1.73. The van der Waals surface area contributed by atoms with Crippen LogP contribution in [0.25, 0.3) is 22.0 Å². The van der Waals surface area contributed by atoms with Crippen LogP contribution < -0.4 is 0 Å². The monoisotopic (exact) mass is 356 g/mol. The van der Waals surface area contributed by atoms with E-state index in [2.05, 4.69) is 35.4 Å². The molecule has 5 nitrogen and oxygen atoms in total. The summed E-state index contributed by atoms with van der Waals surface area (Å²) in [5.41, 5.74) is 5.58. The van der Waals surface area contributed by atoms with Crippen LogP contribution in [-0.4, -0.2) is 27.1 Å². The van der Waals surface area contributed by atoms with Gasteiger partial charge in [-0.1, -0.05) is 37.3 Å². The van der Waals surface area contributed by atoms with Gasteiger partial charge in [-0.2, -0.15) is 10.4 Å². The summed E-state index contributed by atoms with van der Waals surface area (Å²) in [5.74, 6) is -0.00860. The van der Waals surface area contributed by atoms with E-state index < -0.39 is 0 Å². The second-order valence-electron chi connectivity index (χ2n) is 6.78. The zero-order chi connectivity index (χ0) is 19.0. The molecule has 0 fully saturated rings. The Morgan fingerprint density at radius 1 is 1.30 bits per heavy atom. The van der Waals surface area contributed by atoms with E-state index >= 15 is 0 Å². The van der Waals surface area contributed by atoms with Crippen molar-refractivity contribution in [2.24, 2.45) is 7.05 Å². The standard InChI is InChI=1S/C22H20N4O/c1-3-5-15(11-23)13-26-14-20-18(6-4-7-19(20)22(26)27)16-8-9-17-12-24-25(2)21(17)10-16/h4-10,12H,3,13-14H2,1-2H3/b15-5+. The predicted molar refractivity (Wildman–Crippen MR) is 105 cm³/mol. The van der Waals surface area contributed by atoms with Gasteiger partial charge in [0.2, 0.25) is 0 Å². The molecule has 2 heterocycles. The Morgan fingerprint density at radius 2 is 2.11 bits per heavy atom. The SMILES string of the molecule is CC/C=C(\C#N)CN1Cc2c(cccc2-c2ccc3cnn(C)c3c2)C1=O. The number of nitrogens with zero attached hydrogens (tertiary/aromatic N) is 4. The lowest BCUT2D eigenvalue weighted by Gasteiger charge is -2.15. The molecule has 0 N–H and O–H groups in total. The van der Waals surface area contributed by atoms with Gasteiger partial charge in [-0.25, -0.2) is 0 Å². The highest BCUT2D eigenvalue weighted by molar-refractivity contribution is 6.01. The van der Waals surface area contributed by atoms with Gasteiger partial charge >= 0.3 is 0 Å². The quantitative estimate of drug-likeness (QED) is 0.662. The molecular formula is C22H20N4O. The number of hydrogen-bond acceptors (Lipinski definition) is 3. The summed E-state index contributed by atoms with van der Waals surface area (Å²) in [6.45, 7) is 2.87. The molecule has 1 aliphatic rings. The number of carbonyl (C=O) groups is 1. The van der Waals surface area contributed by atoms with Crippen LogP contribution in [0.2, 0.25) is 0 Å². The fourth-order valence-electron chi connectivity index (χ4n) is 3.70. The van der Waals surface area contributed by atoms with Crippen LogP contribution in [0.1, 0.15) is 29.3 Å². The van der Waals surface area contributed by atoms with Crippen molar-refractivity contribution in [3.63, 3.8) is 0 Å². The second-order valence-corrected chi connectivity index (χ2v) is 6.78. The first kappa shape index (κ1) is 17.0. The van der Waals surface area contributed by atoms with Crippen molar-refractivity contribution in [2.45, 2.75) is 19.9 Å². The lowest BCUT2D eigenvalue weighted by Crippen LogP contribution is -2.25. The van der Waals surface area contributed by atoms with Crippen LogP contribution in [0, 0.1) is 11.3 Å². The number of hydrogen-bond donors (Lipinski definition) is 0. The Morgan fingerprint density at radius 3 is 2.89 bits per heavy atom. The first-order chi connectivity index (χ1) is 13.1. The van der Waals surface area contributed by atoms with Crippen molar-refractivity contribution >= 4 is 16.8 Å². The molecular weight excluding hydrogens is 336 g/mol. The molecule has 0 unspecified atom stereocenters. The number of benzene rings is 2. The van der Waals surface area contributed by atoms with Gasteiger partial charge in [0.15, 0.2) is 0 Å². The average Bonchev–Trinajstić information content (AvgIpc) is 3.21. The minimum atomic E-state index is -0.00860. The Bertz CT molecular complexity index is 1120.